The highest BCUT2D eigenvalue weighted by molar-refractivity contribution is 7.91. The molecule has 1 unspecified atom stereocenters. The Kier molecular flexibility index (Phi) is 5.92. The molecule has 0 radical (unpaired) electrons. The van der Waals surface area contributed by atoms with Crippen molar-refractivity contribution in [1.29, 1.82) is 0 Å². The predicted molar refractivity (Wildman–Crippen MR) is 119 cm³/mol. The topological polar surface area (TPSA) is 221 Å². The molecule has 1 aliphatic heterocycles. The van der Waals surface area contributed by atoms with E-state index in [-0.39, 0.29) is 23.2 Å². The van der Waals surface area contributed by atoms with E-state index in [1.165, 1.54) is 28.0 Å². The normalized spacial score (nSPS) is 25.5. The number of aromatic nitrogens is 6. The Labute approximate surface area is 198 Å². The number of imidazole rings is 1. The molecule has 35 heavy (non-hydrogen) atoms. The SMILES string of the molecule is NC(=O)c1cnn(-c2nc(NC3CCCC3)c3ncn(C4O[C@H](S(=O)(=O)CO)[C@@H](O)[C@H]4O)c3n2)c1. The fraction of sp³-hybridized carbons (Fsp3) is 0.526. The molecule has 2 aliphatic rings. The summed E-state index contributed by atoms with van der Waals surface area (Å²) >= 11 is 0. The fourth-order valence-corrected chi connectivity index (χ4v) is 5.36. The number of anilines is 1. The lowest BCUT2D eigenvalue weighted by atomic mass is 10.2. The summed E-state index contributed by atoms with van der Waals surface area (Å²) in [7, 11) is -4.25. The molecule has 3 aromatic heterocycles. The maximum atomic E-state index is 12.1. The van der Waals surface area contributed by atoms with Crippen molar-refractivity contribution in [1.82, 2.24) is 29.3 Å². The number of amides is 1. The van der Waals surface area contributed by atoms with Gasteiger partial charge >= 0.3 is 0 Å². The Morgan fingerprint density at radius 3 is 2.63 bits per heavy atom. The van der Waals surface area contributed by atoms with E-state index < -0.39 is 45.6 Å². The molecule has 0 aromatic carbocycles. The number of sulfone groups is 1. The molecule has 4 heterocycles. The molecule has 3 aromatic rings. The van der Waals surface area contributed by atoms with Crippen LogP contribution in [0.15, 0.2) is 18.7 Å². The molecule has 15 nitrogen and oxygen atoms in total. The molecule has 5 rings (SSSR count). The molecule has 2 fully saturated rings. The molecule has 0 bridgehead atoms. The lowest BCUT2D eigenvalue weighted by Crippen LogP contribution is -2.37. The number of rotatable bonds is 7. The van der Waals surface area contributed by atoms with Crippen molar-refractivity contribution in [2.75, 3.05) is 11.3 Å². The highest BCUT2D eigenvalue weighted by Crippen LogP contribution is 2.35. The zero-order valence-electron chi connectivity index (χ0n) is 18.3. The maximum Gasteiger partial charge on any atom is 0.254 e. The van der Waals surface area contributed by atoms with Crippen LogP contribution in [0.2, 0.25) is 0 Å². The molecule has 0 spiro atoms. The van der Waals surface area contributed by atoms with E-state index in [0.29, 0.717) is 11.3 Å². The zero-order valence-corrected chi connectivity index (χ0v) is 19.1. The molecule has 1 saturated heterocycles. The summed E-state index contributed by atoms with van der Waals surface area (Å²) in [6, 6.07) is 0.152. The third kappa shape index (κ3) is 4.12. The second-order valence-electron chi connectivity index (χ2n) is 8.53. The highest BCUT2D eigenvalue weighted by Gasteiger charge is 2.50. The van der Waals surface area contributed by atoms with Gasteiger partial charge < -0.3 is 31.1 Å². The Morgan fingerprint density at radius 2 is 1.97 bits per heavy atom. The van der Waals surface area contributed by atoms with Gasteiger partial charge in [0, 0.05) is 12.2 Å². The molecule has 1 aliphatic carbocycles. The van der Waals surface area contributed by atoms with E-state index >= 15 is 0 Å². The van der Waals surface area contributed by atoms with Crippen molar-refractivity contribution < 1.29 is 33.3 Å². The van der Waals surface area contributed by atoms with Crippen molar-refractivity contribution >= 4 is 32.7 Å². The summed E-state index contributed by atoms with van der Waals surface area (Å²) in [4.78, 5) is 24.8. The standard InChI is InChI=1S/C19H24N8O7S/c20-14(31)9-5-22-27(6-9)19-24-15(23-10-3-1-2-4-10)11-16(25-19)26(7-21-11)17-12(29)13(30)18(34-17)35(32,33)8-28/h5-7,10,12-13,17-18,28-30H,1-4,8H2,(H2,20,31)(H,23,24,25)/t12-,13+,17?,18-/m1/s1. The van der Waals surface area contributed by atoms with Crippen LogP contribution >= 0.6 is 0 Å². The van der Waals surface area contributed by atoms with Crippen molar-refractivity contribution in [2.45, 2.75) is 55.6 Å². The van der Waals surface area contributed by atoms with Gasteiger partial charge in [0.15, 0.2) is 28.6 Å². The van der Waals surface area contributed by atoms with Crippen LogP contribution in [-0.4, -0.2) is 88.6 Å². The number of fused-ring (bicyclic) bond motifs is 1. The third-order valence-electron chi connectivity index (χ3n) is 6.18. The second kappa shape index (κ2) is 8.80. The summed E-state index contributed by atoms with van der Waals surface area (Å²) in [5.74, 6) is -1.51. The van der Waals surface area contributed by atoms with Crippen LogP contribution in [0.3, 0.4) is 0 Å². The van der Waals surface area contributed by atoms with Gasteiger partial charge in [-0.25, -0.2) is 18.1 Å². The number of hydrogen-bond acceptors (Lipinski definition) is 12. The van der Waals surface area contributed by atoms with Gasteiger partial charge in [-0.05, 0) is 12.8 Å². The summed E-state index contributed by atoms with van der Waals surface area (Å²) in [6.07, 6.45) is 3.08. The third-order valence-corrected chi connectivity index (χ3v) is 7.64. The van der Waals surface area contributed by atoms with Crippen LogP contribution in [0.25, 0.3) is 17.1 Å². The number of aliphatic hydroxyl groups excluding tert-OH is 3. The largest absolute Gasteiger partial charge is 0.386 e. The first-order valence-corrected chi connectivity index (χ1v) is 12.6. The smallest absolute Gasteiger partial charge is 0.254 e. The average molecular weight is 509 g/mol. The van der Waals surface area contributed by atoms with Crippen molar-refractivity contribution in [3.63, 3.8) is 0 Å². The zero-order chi connectivity index (χ0) is 24.9. The Hall–Kier alpha value is -3.18. The number of primary amides is 1. The fourth-order valence-electron chi connectivity index (χ4n) is 4.35. The molecule has 4 atom stereocenters. The minimum atomic E-state index is -4.25. The molecular formula is C19H24N8O7S. The van der Waals surface area contributed by atoms with Gasteiger partial charge in [0.2, 0.25) is 9.84 Å². The van der Waals surface area contributed by atoms with Crippen LogP contribution < -0.4 is 11.1 Å². The van der Waals surface area contributed by atoms with E-state index in [1.54, 1.807) is 0 Å². The van der Waals surface area contributed by atoms with Crippen LogP contribution in [0.5, 0.6) is 0 Å². The average Bonchev–Trinajstić information content (AvgIpc) is 3.62. The van der Waals surface area contributed by atoms with Gasteiger partial charge in [0.25, 0.3) is 11.9 Å². The van der Waals surface area contributed by atoms with Crippen LogP contribution in [0.1, 0.15) is 42.3 Å². The first kappa shape index (κ1) is 23.6. The van der Waals surface area contributed by atoms with Crippen LogP contribution in [-0.2, 0) is 14.6 Å². The molecular weight excluding hydrogens is 484 g/mol. The molecule has 188 valence electrons. The van der Waals surface area contributed by atoms with E-state index in [4.69, 9.17) is 10.5 Å². The van der Waals surface area contributed by atoms with E-state index in [9.17, 15) is 28.5 Å². The van der Waals surface area contributed by atoms with Gasteiger partial charge in [0.1, 0.15) is 18.1 Å². The van der Waals surface area contributed by atoms with Gasteiger partial charge in [-0.15, -0.1) is 0 Å². The van der Waals surface area contributed by atoms with Gasteiger partial charge in [0.05, 0.1) is 18.1 Å². The lowest BCUT2D eigenvalue weighted by molar-refractivity contribution is -0.0204. The van der Waals surface area contributed by atoms with Crippen molar-refractivity contribution in [3.05, 3.63) is 24.3 Å². The Balaban J connectivity index is 1.60. The number of ether oxygens (including phenoxy) is 1. The van der Waals surface area contributed by atoms with E-state index in [1.807, 2.05) is 0 Å². The monoisotopic (exact) mass is 508 g/mol. The minimum absolute atomic E-state index is 0.0554. The summed E-state index contributed by atoms with van der Waals surface area (Å²) in [5, 5.41) is 37.5. The lowest BCUT2D eigenvalue weighted by Gasteiger charge is -2.17. The molecule has 16 heteroatoms. The van der Waals surface area contributed by atoms with Gasteiger partial charge in [-0.2, -0.15) is 15.1 Å². The van der Waals surface area contributed by atoms with Crippen LogP contribution in [0, 0.1) is 0 Å². The maximum absolute atomic E-state index is 12.1. The molecule has 6 N–H and O–H groups in total. The Bertz CT molecular complexity index is 1370. The molecule has 1 amide bonds. The predicted octanol–water partition coefficient (Wildman–Crippen LogP) is -1.59. The number of nitrogens with one attached hydrogen (secondary N) is 1. The van der Waals surface area contributed by atoms with Crippen molar-refractivity contribution in [2.24, 2.45) is 5.73 Å². The number of nitrogens with zero attached hydrogens (tertiary/aromatic N) is 6. The summed E-state index contributed by atoms with van der Waals surface area (Å²) in [5.41, 5.74) is 4.10. The number of carbonyl (C=O) groups excluding carboxylic acids is 1. The summed E-state index contributed by atoms with van der Waals surface area (Å²) < 4.78 is 32.2. The van der Waals surface area contributed by atoms with E-state index in [0.717, 1.165) is 25.7 Å². The first-order valence-electron chi connectivity index (χ1n) is 10.9. The van der Waals surface area contributed by atoms with Gasteiger partial charge in [-0.1, -0.05) is 12.8 Å². The van der Waals surface area contributed by atoms with Gasteiger partial charge in [-0.3, -0.25) is 9.36 Å². The Morgan fingerprint density at radius 1 is 1.23 bits per heavy atom. The number of carbonyl (C=O) groups is 1. The molecule has 1 saturated carbocycles. The summed E-state index contributed by atoms with van der Waals surface area (Å²) in [6.45, 7) is 0. The first-order chi connectivity index (χ1) is 16.7. The number of hydrogen-bond donors (Lipinski definition) is 5. The quantitative estimate of drug-likeness (QED) is 0.244. The van der Waals surface area contributed by atoms with Crippen LogP contribution in [0.4, 0.5) is 5.82 Å². The number of aliphatic hydroxyl groups is 3. The minimum Gasteiger partial charge on any atom is -0.386 e. The highest BCUT2D eigenvalue weighted by atomic mass is 32.2. The number of nitrogens with two attached hydrogens (primary N) is 1. The van der Waals surface area contributed by atoms with E-state index in [2.05, 4.69) is 25.4 Å². The van der Waals surface area contributed by atoms with Crippen molar-refractivity contribution in [3.8, 4) is 5.95 Å². The second-order valence-corrected chi connectivity index (χ2v) is 10.6.